The number of nitrogens with zero attached hydrogens (tertiary/aromatic N) is 3. The fourth-order valence-corrected chi connectivity index (χ4v) is 2.50. The number of halogens is 2. The molecule has 80 valence electrons. The van der Waals surface area contributed by atoms with E-state index in [-0.39, 0.29) is 13.1 Å². The summed E-state index contributed by atoms with van der Waals surface area (Å²) in [6, 6.07) is 0. The highest BCUT2D eigenvalue weighted by Gasteiger charge is 2.34. The minimum atomic E-state index is -3.91. The average molecular weight is 223 g/mol. The van der Waals surface area contributed by atoms with Crippen LogP contribution in [0, 0.1) is 0 Å². The first-order valence-corrected chi connectivity index (χ1v) is 5.60. The third-order valence-corrected chi connectivity index (χ3v) is 3.72. The Bertz CT molecular complexity index is 287. The Kier molecular flexibility index (Phi) is 2.71. The van der Waals surface area contributed by atoms with Gasteiger partial charge in [-0.1, -0.05) is 0 Å². The van der Waals surface area contributed by atoms with Crippen molar-refractivity contribution >= 4 is 11.2 Å². The van der Waals surface area contributed by atoms with E-state index in [4.69, 9.17) is 4.74 Å². The van der Waals surface area contributed by atoms with Gasteiger partial charge in [-0.25, -0.2) is 8.96 Å². The standard InChI is InChI=1S/C7H11F2N3OS/c8-14(9,12-2-1-10-7-12)11-3-5-13-6-4-11/h1-2,7H,3-6H2. The number of hydrogen-bond donors (Lipinski definition) is 0. The predicted octanol–water partition coefficient (Wildman–Crippen LogP) is 1.47. The molecular formula is C7H11F2N3OS. The Balaban J connectivity index is 2.14. The minimum absolute atomic E-state index is 0.278. The van der Waals surface area contributed by atoms with E-state index < -0.39 is 11.2 Å². The van der Waals surface area contributed by atoms with E-state index in [9.17, 15) is 7.77 Å². The zero-order valence-electron chi connectivity index (χ0n) is 7.47. The van der Waals surface area contributed by atoms with Gasteiger partial charge in [0, 0.05) is 25.5 Å². The van der Waals surface area contributed by atoms with E-state index in [2.05, 4.69) is 4.98 Å². The quantitative estimate of drug-likeness (QED) is 0.760. The van der Waals surface area contributed by atoms with Crippen LogP contribution >= 0.6 is 11.2 Å². The average Bonchev–Trinajstić information content (AvgIpc) is 2.72. The zero-order chi connectivity index (χ0) is 10.0. The molecule has 0 radical (unpaired) electrons. The lowest BCUT2D eigenvalue weighted by atomic mass is 10.5. The molecule has 0 atom stereocenters. The molecule has 2 heterocycles. The Labute approximate surface area is 82.6 Å². The molecule has 14 heavy (non-hydrogen) atoms. The molecule has 1 fully saturated rings. The number of rotatable bonds is 2. The molecule has 0 aliphatic carbocycles. The number of imidazole rings is 1. The fourth-order valence-electron chi connectivity index (χ4n) is 1.28. The second-order valence-electron chi connectivity index (χ2n) is 2.88. The van der Waals surface area contributed by atoms with Gasteiger partial charge in [0.25, 0.3) is 0 Å². The van der Waals surface area contributed by atoms with Crippen LogP contribution in [0.3, 0.4) is 0 Å². The third kappa shape index (κ3) is 1.75. The maximum absolute atomic E-state index is 13.8. The highest BCUT2D eigenvalue weighted by molar-refractivity contribution is 8.21. The van der Waals surface area contributed by atoms with Crippen LogP contribution in [0.1, 0.15) is 0 Å². The van der Waals surface area contributed by atoms with Crippen LogP contribution in [-0.4, -0.2) is 39.6 Å². The molecule has 0 unspecified atom stereocenters. The largest absolute Gasteiger partial charge is 0.379 e. The molecule has 2 rings (SSSR count). The molecule has 0 bridgehead atoms. The van der Waals surface area contributed by atoms with Crippen molar-refractivity contribution in [2.45, 2.75) is 0 Å². The van der Waals surface area contributed by atoms with Gasteiger partial charge >= 0.3 is 0 Å². The highest BCUT2D eigenvalue weighted by Crippen LogP contribution is 2.55. The normalized spacial score (nSPS) is 21.0. The summed E-state index contributed by atoms with van der Waals surface area (Å²) in [6.45, 7) is 1.30. The van der Waals surface area contributed by atoms with Gasteiger partial charge in [0.2, 0.25) is 11.2 Å². The molecule has 1 aliphatic heterocycles. The molecule has 1 aromatic rings. The first-order chi connectivity index (χ1) is 6.71. The van der Waals surface area contributed by atoms with Gasteiger partial charge in [0.15, 0.2) is 0 Å². The van der Waals surface area contributed by atoms with Crippen LogP contribution in [0.2, 0.25) is 0 Å². The maximum Gasteiger partial charge on any atom is 0.211 e. The van der Waals surface area contributed by atoms with Crippen LogP contribution < -0.4 is 0 Å². The molecule has 0 amide bonds. The Morgan fingerprint density at radius 2 is 2.00 bits per heavy atom. The summed E-state index contributed by atoms with van der Waals surface area (Å²) < 4.78 is 34.6. The van der Waals surface area contributed by atoms with Gasteiger partial charge in [-0.2, -0.15) is 4.31 Å². The predicted molar refractivity (Wildman–Crippen MR) is 49.8 cm³/mol. The Hall–Kier alpha value is -0.660. The summed E-state index contributed by atoms with van der Waals surface area (Å²) in [7, 11) is 0. The van der Waals surface area contributed by atoms with Crippen LogP contribution in [0.15, 0.2) is 18.7 Å². The molecule has 1 saturated heterocycles. The van der Waals surface area contributed by atoms with Crippen molar-refractivity contribution in [3.8, 4) is 0 Å². The Morgan fingerprint density at radius 3 is 2.57 bits per heavy atom. The second kappa shape index (κ2) is 3.84. The number of hydrogen-bond acceptors (Lipinski definition) is 3. The van der Waals surface area contributed by atoms with E-state index in [1.165, 1.54) is 12.4 Å². The van der Waals surface area contributed by atoms with Crippen molar-refractivity contribution < 1.29 is 12.5 Å². The van der Waals surface area contributed by atoms with Crippen molar-refractivity contribution in [3.63, 3.8) is 0 Å². The molecule has 7 heteroatoms. The summed E-state index contributed by atoms with van der Waals surface area (Å²) in [5, 5.41) is 0. The lowest BCUT2D eigenvalue weighted by Crippen LogP contribution is -2.37. The first-order valence-electron chi connectivity index (χ1n) is 4.25. The summed E-state index contributed by atoms with van der Waals surface area (Å²) in [6.07, 6.45) is 3.82. The van der Waals surface area contributed by atoms with Crippen molar-refractivity contribution in [2.75, 3.05) is 26.3 Å². The van der Waals surface area contributed by atoms with Crippen molar-refractivity contribution in [3.05, 3.63) is 18.7 Å². The van der Waals surface area contributed by atoms with Crippen LogP contribution in [0.5, 0.6) is 0 Å². The first kappa shape index (κ1) is 9.88. The highest BCUT2D eigenvalue weighted by atomic mass is 32.3. The number of morpholine rings is 1. The Morgan fingerprint density at radius 1 is 1.29 bits per heavy atom. The molecule has 1 aromatic heterocycles. The maximum atomic E-state index is 13.8. The summed E-state index contributed by atoms with van der Waals surface area (Å²) in [4.78, 5) is 3.63. The lowest BCUT2D eigenvalue weighted by molar-refractivity contribution is 0.0714. The van der Waals surface area contributed by atoms with Gasteiger partial charge in [0.05, 0.1) is 13.2 Å². The summed E-state index contributed by atoms with van der Waals surface area (Å²) in [5.41, 5.74) is 0. The van der Waals surface area contributed by atoms with Crippen molar-refractivity contribution in [1.82, 2.24) is 13.3 Å². The van der Waals surface area contributed by atoms with Crippen LogP contribution in [0.25, 0.3) is 0 Å². The van der Waals surface area contributed by atoms with E-state index >= 15 is 0 Å². The van der Waals surface area contributed by atoms with Gasteiger partial charge < -0.3 is 4.74 Å². The molecule has 0 aromatic carbocycles. The van der Waals surface area contributed by atoms with Crippen LogP contribution in [0.4, 0.5) is 7.77 Å². The molecule has 4 nitrogen and oxygen atoms in total. The molecule has 0 N–H and O–H groups in total. The number of aromatic nitrogens is 2. The minimum Gasteiger partial charge on any atom is -0.379 e. The van der Waals surface area contributed by atoms with Gasteiger partial charge in [-0.05, 0) is 0 Å². The molecule has 0 saturated carbocycles. The van der Waals surface area contributed by atoms with Gasteiger partial charge in [-0.3, -0.25) is 0 Å². The van der Waals surface area contributed by atoms with Crippen LogP contribution in [-0.2, 0) is 4.74 Å². The van der Waals surface area contributed by atoms with Gasteiger partial charge in [-0.15, -0.1) is 7.77 Å². The second-order valence-corrected chi connectivity index (χ2v) is 4.65. The van der Waals surface area contributed by atoms with Crippen molar-refractivity contribution in [1.29, 1.82) is 0 Å². The third-order valence-electron chi connectivity index (χ3n) is 2.01. The fraction of sp³-hybridized carbons (Fsp3) is 0.571. The summed E-state index contributed by atoms with van der Waals surface area (Å²) in [5.74, 6) is 0. The van der Waals surface area contributed by atoms with E-state index in [1.807, 2.05) is 0 Å². The summed E-state index contributed by atoms with van der Waals surface area (Å²) >= 11 is -3.91. The van der Waals surface area contributed by atoms with Gasteiger partial charge in [0.1, 0.15) is 6.33 Å². The van der Waals surface area contributed by atoms with E-state index in [0.717, 1.165) is 14.6 Å². The monoisotopic (exact) mass is 223 g/mol. The van der Waals surface area contributed by atoms with E-state index in [0.29, 0.717) is 13.2 Å². The lowest BCUT2D eigenvalue weighted by Gasteiger charge is -2.36. The number of ether oxygens (including phenoxy) is 1. The molecule has 0 spiro atoms. The smallest absolute Gasteiger partial charge is 0.211 e. The van der Waals surface area contributed by atoms with E-state index in [1.54, 1.807) is 0 Å². The SMILES string of the molecule is FS(F)(N1CCOCC1)n1ccnc1. The molecular weight excluding hydrogens is 212 g/mol. The molecule has 1 aliphatic rings. The van der Waals surface area contributed by atoms with Crippen molar-refractivity contribution in [2.24, 2.45) is 0 Å². The zero-order valence-corrected chi connectivity index (χ0v) is 8.29. The topological polar surface area (TPSA) is 30.3 Å².